The third-order valence-electron chi connectivity index (χ3n) is 4.25. The maximum atomic E-state index is 11.9. The maximum Gasteiger partial charge on any atom is 0.220 e. The van der Waals surface area contributed by atoms with Gasteiger partial charge in [0.2, 0.25) is 5.91 Å². The molecule has 0 aromatic rings. The predicted molar refractivity (Wildman–Crippen MR) is 86.2 cm³/mol. The van der Waals surface area contributed by atoms with Gasteiger partial charge in [-0.3, -0.25) is 9.69 Å². The highest BCUT2D eigenvalue weighted by Gasteiger charge is 2.19. The average molecular weight is 299 g/mol. The molecule has 2 unspecified atom stereocenters. The standard InChI is InChI=1S/C16H33N3O2/c1-3-5-14(8-9-17)6-7-16(20)18-12-15-13-19(4-2)10-11-21-15/h14-15H,3-13,17H2,1-2H3,(H,18,20). The highest BCUT2D eigenvalue weighted by Crippen LogP contribution is 2.16. The first-order valence-electron chi connectivity index (χ1n) is 8.50. The Morgan fingerprint density at radius 1 is 1.38 bits per heavy atom. The lowest BCUT2D eigenvalue weighted by Crippen LogP contribution is -2.47. The molecule has 1 rings (SSSR count). The molecule has 124 valence electrons. The fourth-order valence-electron chi connectivity index (χ4n) is 2.92. The molecule has 1 heterocycles. The molecule has 0 bridgehead atoms. The molecule has 1 amide bonds. The molecule has 1 aliphatic rings. The summed E-state index contributed by atoms with van der Waals surface area (Å²) < 4.78 is 5.69. The number of carbonyl (C=O) groups excluding carboxylic acids is 1. The Kier molecular flexibility index (Phi) is 9.63. The summed E-state index contributed by atoms with van der Waals surface area (Å²) in [4.78, 5) is 14.3. The quantitative estimate of drug-likeness (QED) is 0.639. The summed E-state index contributed by atoms with van der Waals surface area (Å²) in [6, 6.07) is 0. The summed E-state index contributed by atoms with van der Waals surface area (Å²) in [6.07, 6.45) is 5.05. The van der Waals surface area contributed by atoms with E-state index < -0.39 is 0 Å². The zero-order valence-corrected chi connectivity index (χ0v) is 13.8. The molecule has 0 aromatic carbocycles. The number of nitrogens with zero attached hydrogens (tertiary/aromatic N) is 1. The smallest absolute Gasteiger partial charge is 0.220 e. The lowest BCUT2D eigenvalue weighted by molar-refractivity contribution is -0.122. The van der Waals surface area contributed by atoms with E-state index in [1.165, 1.54) is 6.42 Å². The van der Waals surface area contributed by atoms with Gasteiger partial charge in [0, 0.05) is 26.1 Å². The van der Waals surface area contributed by atoms with E-state index in [0.29, 0.717) is 18.9 Å². The van der Waals surface area contributed by atoms with Crippen molar-refractivity contribution in [3.05, 3.63) is 0 Å². The van der Waals surface area contributed by atoms with E-state index >= 15 is 0 Å². The van der Waals surface area contributed by atoms with Gasteiger partial charge in [-0.15, -0.1) is 0 Å². The number of likely N-dealkylation sites (N-methyl/N-ethyl adjacent to an activating group) is 1. The molecular weight excluding hydrogens is 266 g/mol. The van der Waals surface area contributed by atoms with E-state index in [9.17, 15) is 4.79 Å². The van der Waals surface area contributed by atoms with E-state index in [4.69, 9.17) is 10.5 Å². The van der Waals surface area contributed by atoms with Gasteiger partial charge in [-0.1, -0.05) is 26.7 Å². The number of carbonyl (C=O) groups is 1. The molecule has 3 N–H and O–H groups in total. The average Bonchev–Trinajstić information content (AvgIpc) is 2.51. The van der Waals surface area contributed by atoms with Gasteiger partial charge in [0.15, 0.2) is 0 Å². The van der Waals surface area contributed by atoms with Crippen molar-refractivity contribution in [2.24, 2.45) is 11.7 Å². The number of ether oxygens (including phenoxy) is 1. The first kappa shape index (κ1) is 18.4. The number of amides is 1. The van der Waals surface area contributed by atoms with Crippen LogP contribution >= 0.6 is 0 Å². The molecule has 21 heavy (non-hydrogen) atoms. The molecule has 0 aromatic heterocycles. The van der Waals surface area contributed by atoms with Crippen LogP contribution in [0.4, 0.5) is 0 Å². The summed E-state index contributed by atoms with van der Waals surface area (Å²) in [7, 11) is 0. The maximum absolute atomic E-state index is 11.9. The first-order chi connectivity index (χ1) is 10.2. The van der Waals surface area contributed by atoms with Crippen LogP contribution in [0.2, 0.25) is 0 Å². The predicted octanol–water partition coefficient (Wildman–Crippen LogP) is 1.37. The van der Waals surface area contributed by atoms with Crippen molar-refractivity contribution in [2.75, 3.05) is 39.3 Å². The van der Waals surface area contributed by atoms with Crippen LogP contribution in [-0.2, 0) is 9.53 Å². The number of hydrogen-bond donors (Lipinski definition) is 2. The molecule has 0 radical (unpaired) electrons. The molecule has 0 spiro atoms. The Balaban J connectivity index is 2.17. The lowest BCUT2D eigenvalue weighted by Gasteiger charge is -2.32. The number of morpholine rings is 1. The highest BCUT2D eigenvalue weighted by molar-refractivity contribution is 5.75. The van der Waals surface area contributed by atoms with Gasteiger partial charge < -0.3 is 15.8 Å². The van der Waals surface area contributed by atoms with Gasteiger partial charge in [-0.25, -0.2) is 0 Å². The number of nitrogens with two attached hydrogens (primary N) is 1. The van der Waals surface area contributed by atoms with Crippen LogP contribution in [0, 0.1) is 5.92 Å². The van der Waals surface area contributed by atoms with E-state index in [-0.39, 0.29) is 12.0 Å². The molecule has 1 saturated heterocycles. The van der Waals surface area contributed by atoms with Gasteiger partial charge in [-0.2, -0.15) is 0 Å². The molecule has 1 aliphatic heterocycles. The van der Waals surface area contributed by atoms with Crippen molar-refractivity contribution in [1.82, 2.24) is 10.2 Å². The molecular formula is C16H33N3O2. The van der Waals surface area contributed by atoms with Crippen molar-refractivity contribution >= 4 is 5.91 Å². The topological polar surface area (TPSA) is 67.6 Å². The van der Waals surface area contributed by atoms with Crippen molar-refractivity contribution in [2.45, 2.75) is 52.1 Å². The van der Waals surface area contributed by atoms with Crippen molar-refractivity contribution in [3.8, 4) is 0 Å². The summed E-state index contributed by atoms with van der Waals surface area (Å²) in [5, 5.41) is 3.01. The second kappa shape index (κ2) is 11.0. The molecule has 5 heteroatoms. The zero-order chi connectivity index (χ0) is 15.5. The zero-order valence-electron chi connectivity index (χ0n) is 13.8. The lowest BCUT2D eigenvalue weighted by atomic mass is 9.94. The van der Waals surface area contributed by atoms with E-state index in [0.717, 1.165) is 52.0 Å². The molecule has 0 aliphatic carbocycles. The van der Waals surface area contributed by atoms with Crippen LogP contribution in [0.5, 0.6) is 0 Å². The van der Waals surface area contributed by atoms with Gasteiger partial charge in [0.05, 0.1) is 12.7 Å². The Morgan fingerprint density at radius 3 is 2.86 bits per heavy atom. The van der Waals surface area contributed by atoms with Crippen LogP contribution < -0.4 is 11.1 Å². The van der Waals surface area contributed by atoms with Gasteiger partial charge in [0.25, 0.3) is 0 Å². The molecule has 1 fully saturated rings. The van der Waals surface area contributed by atoms with E-state index in [2.05, 4.69) is 24.1 Å². The highest BCUT2D eigenvalue weighted by atomic mass is 16.5. The summed E-state index contributed by atoms with van der Waals surface area (Å²) in [6.45, 7) is 9.42. The fourth-order valence-corrected chi connectivity index (χ4v) is 2.92. The van der Waals surface area contributed by atoms with Crippen LogP contribution in [0.1, 0.15) is 46.0 Å². The normalized spacial score (nSPS) is 21.2. The fraction of sp³-hybridized carbons (Fsp3) is 0.938. The van der Waals surface area contributed by atoms with E-state index in [1.54, 1.807) is 0 Å². The Hall–Kier alpha value is -0.650. The Labute approximate surface area is 129 Å². The van der Waals surface area contributed by atoms with Crippen LogP contribution in [-0.4, -0.2) is 56.2 Å². The van der Waals surface area contributed by atoms with Gasteiger partial charge in [0.1, 0.15) is 0 Å². The Bertz CT molecular complexity index is 281. The minimum absolute atomic E-state index is 0.137. The monoisotopic (exact) mass is 299 g/mol. The SMILES string of the molecule is CCCC(CCN)CCC(=O)NCC1CN(CC)CCO1. The van der Waals surface area contributed by atoms with Crippen molar-refractivity contribution in [3.63, 3.8) is 0 Å². The third kappa shape index (κ3) is 7.79. The number of nitrogens with one attached hydrogen (secondary N) is 1. The second-order valence-corrected chi connectivity index (χ2v) is 5.96. The van der Waals surface area contributed by atoms with E-state index in [1.807, 2.05) is 0 Å². The third-order valence-corrected chi connectivity index (χ3v) is 4.25. The number of hydrogen-bond acceptors (Lipinski definition) is 4. The van der Waals surface area contributed by atoms with Crippen LogP contribution in [0.15, 0.2) is 0 Å². The van der Waals surface area contributed by atoms with Crippen LogP contribution in [0.3, 0.4) is 0 Å². The summed E-state index contributed by atoms with van der Waals surface area (Å²) in [5.41, 5.74) is 5.63. The van der Waals surface area contributed by atoms with Crippen LogP contribution in [0.25, 0.3) is 0 Å². The molecule has 2 atom stereocenters. The minimum Gasteiger partial charge on any atom is -0.374 e. The first-order valence-corrected chi connectivity index (χ1v) is 8.50. The largest absolute Gasteiger partial charge is 0.374 e. The van der Waals surface area contributed by atoms with Crippen molar-refractivity contribution in [1.29, 1.82) is 0 Å². The van der Waals surface area contributed by atoms with Gasteiger partial charge in [-0.05, 0) is 31.8 Å². The minimum atomic E-state index is 0.137. The second-order valence-electron chi connectivity index (χ2n) is 5.96. The Morgan fingerprint density at radius 2 is 2.19 bits per heavy atom. The summed E-state index contributed by atoms with van der Waals surface area (Å²) in [5.74, 6) is 0.734. The van der Waals surface area contributed by atoms with Gasteiger partial charge >= 0.3 is 0 Å². The molecule has 5 nitrogen and oxygen atoms in total. The molecule has 0 saturated carbocycles. The summed E-state index contributed by atoms with van der Waals surface area (Å²) >= 11 is 0. The number of rotatable bonds is 10. The van der Waals surface area contributed by atoms with Crippen molar-refractivity contribution < 1.29 is 9.53 Å².